The van der Waals surface area contributed by atoms with Crippen LogP contribution in [0, 0.1) is 5.41 Å². The molecule has 1 aromatic heterocycles. The number of carbonyl (C=O) groups excluding carboxylic acids is 1. The second kappa shape index (κ2) is 7.57. The van der Waals surface area contributed by atoms with Gasteiger partial charge in [0.25, 0.3) is 5.91 Å². The molecule has 0 saturated carbocycles. The standard InChI is InChI=1S/C17H22N2O3S/c1-17(2,8-9-20)11-18-15(21)14-10-23-16(19-14)12-4-6-13(22-3)7-5-12/h4-7,10,20H,8-9,11H2,1-3H3,(H,18,21). The highest BCUT2D eigenvalue weighted by molar-refractivity contribution is 7.13. The molecule has 2 aromatic rings. The number of hydrogen-bond acceptors (Lipinski definition) is 5. The molecule has 2 N–H and O–H groups in total. The molecule has 23 heavy (non-hydrogen) atoms. The third-order valence-electron chi connectivity index (χ3n) is 3.59. The Kier molecular flexibility index (Phi) is 5.74. The van der Waals surface area contributed by atoms with E-state index in [9.17, 15) is 4.79 Å². The largest absolute Gasteiger partial charge is 0.497 e. The van der Waals surface area contributed by atoms with Gasteiger partial charge in [-0.1, -0.05) is 13.8 Å². The SMILES string of the molecule is COc1ccc(-c2nc(C(=O)NCC(C)(C)CCO)cs2)cc1. The van der Waals surface area contributed by atoms with Gasteiger partial charge in [0, 0.05) is 24.1 Å². The summed E-state index contributed by atoms with van der Waals surface area (Å²) in [5, 5.41) is 14.5. The van der Waals surface area contributed by atoms with Gasteiger partial charge in [-0.2, -0.15) is 0 Å². The average Bonchev–Trinajstić information content (AvgIpc) is 3.03. The smallest absolute Gasteiger partial charge is 0.270 e. The number of aliphatic hydroxyl groups is 1. The lowest BCUT2D eigenvalue weighted by atomic mass is 9.90. The molecule has 0 bridgehead atoms. The first-order valence-electron chi connectivity index (χ1n) is 7.44. The first kappa shape index (κ1) is 17.4. The number of ether oxygens (including phenoxy) is 1. The number of aliphatic hydroxyl groups excluding tert-OH is 1. The minimum absolute atomic E-state index is 0.112. The first-order chi connectivity index (χ1) is 10.9. The zero-order chi connectivity index (χ0) is 16.9. The van der Waals surface area contributed by atoms with Crippen molar-refractivity contribution in [2.24, 2.45) is 5.41 Å². The van der Waals surface area contributed by atoms with Crippen molar-refractivity contribution in [1.82, 2.24) is 10.3 Å². The Morgan fingerprint density at radius 1 is 1.35 bits per heavy atom. The molecule has 1 heterocycles. The van der Waals surface area contributed by atoms with Crippen LogP contribution in [0.4, 0.5) is 0 Å². The maximum Gasteiger partial charge on any atom is 0.270 e. The van der Waals surface area contributed by atoms with Crippen molar-refractivity contribution in [1.29, 1.82) is 0 Å². The van der Waals surface area contributed by atoms with Crippen LogP contribution in [0.2, 0.25) is 0 Å². The van der Waals surface area contributed by atoms with Gasteiger partial charge >= 0.3 is 0 Å². The summed E-state index contributed by atoms with van der Waals surface area (Å²) < 4.78 is 5.13. The Hall–Kier alpha value is -1.92. The Morgan fingerprint density at radius 2 is 2.04 bits per heavy atom. The summed E-state index contributed by atoms with van der Waals surface area (Å²) >= 11 is 1.44. The van der Waals surface area contributed by atoms with Gasteiger partial charge in [0.15, 0.2) is 0 Å². The molecule has 0 unspecified atom stereocenters. The second-order valence-corrected chi connectivity index (χ2v) is 6.95. The van der Waals surface area contributed by atoms with Gasteiger partial charge in [0.2, 0.25) is 0 Å². The minimum atomic E-state index is -0.188. The summed E-state index contributed by atoms with van der Waals surface area (Å²) in [5.74, 6) is 0.599. The summed E-state index contributed by atoms with van der Waals surface area (Å²) in [5.41, 5.74) is 1.23. The van der Waals surface area contributed by atoms with E-state index in [0.717, 1.165) is 16.3 Å². The van der Waals surface area contributed by atoms with Gasteiger partial charge in [0.1, 0.15) is 16.5 Å². The molecule has 124 valence electrons. The number of nitrogens with zero attached hydrogens (tertiary/aromatic N) is 1. The van der Waals surface area contributed by atoms with Crippen molar-refractivity contribution in [2.75, 3.05) is 20.3 Å². The molecular weight excluding hydrogens is 312 g/mol. The molecule has 2 rings (SSSR count). The number of thiazole rings is 1. The van der Waals surface area contributed by atoms with Crippen molar-refractivity contribution >= 4 is 17.2 Å². The summed E-state index contributed by atoms with van der Waals surface area (Å²) in [7, 11) is 1.62. The molecule has 1 amide bonds. The van der Waals surface area contributed by atoms with Crippen LogP contribution in [0.3, 0.4) is 0 Å². The molecule has 0 atom stereocenters. The van der Waals surface area contributed by atoms with E-state index in [1.165, 1.54) is 11.3 Å². The molecule has 0 aliphatic heterocycles. The van der Waals surface area contributed by atoms with E-state index in [1.54, 1.807) is 12.5 Å². The van der Waals surface area contributed by atoms with E-state index >= 15 is 0 Å². The number of hydrogen-bond donors (Lipinski definition) is 2. The number of benzene rings is 1. The van der Waals surface area contributed by atoms with Crippen molar-refractivity contribution in [2.45, 2.75) is 20.3 Å². The van der Waals surface area contributed by atoms with Crippen LogP contribution in [0.1, 0.15) is 30.8 Å². The van der Waals surface area contributed by atoms with Crippen LogP contribution >= 0.6 is 11.3 Å². The quantitative estimate of drug-likeness (QED) is 0.816. The van der Waals surface area contributed by atoms with Gasteiger partial charge in [0.05, 0.1) is 7.11 Å². The lowest BCUT2D eigenvalue weighted by molar-refractivity contribution is 0.0924. The molecule has 1 aromatic carbocycles. The van der Waals surface area contributed by atoms with E-state index in [2.05, 4.69) is 10.3 Å². The van der Waals surface area contributed by atoms with Crippen molar-refractivity contribution in [3.8, 4) is 16.3 Å². The molecule has 6 heteroatoms. The molecule has 0 saturated heterocycles. The molecule has 0 radical (unpaired) electrons. The Bertz CT molecular complexity index is 650. The number of amides is 1. The van der Waals surface area contributed by atoms with Crippen LogP contribution < -0.4 is 10.1 Å². The summed E-state index contributed by atoms with van der Waals surface area (Å²) in [6.07, 6.45) is 0.640. The van der Waals surface area contributed by atoms with Crippen LogP contribution in [0.5, 0.6) is 5.75 Å². The second-order valence-electron chi connectivity index (χ2n) is 6.09. The Balaban J connectivity index is 2.02. The van der Waals surface area contributed by atoms with Gasteiger partial charge in [-0.05, 0) is 36.1 Å². The van der Waals surface area contributed by atoms with Crippen molar-refractivity contribution in [3.63, 3.8) is 0 Å². The number of nitrogens with one attached hydrogen (secondary N) is 1. The molecular formula is C17H22N2O3S. The number of aromatic nitrogens is 1. The monoisotopic (exact) mass is 334 g/mol. The van der Waals surface area contributed by atoms with Crippen LogP contribution in [-0.2, 0) is 0 Å². The van der Waals surface area contributed by atoms with Crippen LogP contribution in [0.25, 0.3) is 10.6 Å². The zero-order valence-corrected chi connectivity index (χ0v) is 14.4. The highest BCUT2D eigenvalue weighted by Gasteiger charge is 2.19. The van der Waals surface area contributed by atoms with Crippen LogP contribution in [-0.4, -0.2) is 36.3 Å². The predicted octanol–water partition coefficient (Wildman–Crippen LogP) is 2.96. The lowest BCUT2D eigenvalue weighted by Crippen LogP contribution is -2.34. The first-order valence-corrected chi connectivity index (χ1v) is 8.32. The number of carbonyl (C=O) groups is 1. The van der Waals surface area contributed by atoms with Crippen molar-refractivity contribution < 1.29 is 14.6 Å². The maximum atomic E-state index is 12.2. The fourth-order valence-electron chi connectivity index (χ4n) is 2.05. The van der Waals surface area contributed by atoms with Gasteiger partial charge in [-0.25, -0.2) is 4.98 Å². The van der Waals surface area contributed by atoms with E-state index in [1.807, 2.05) is 38.1 Å². The number of rotatable bonds is 7. The molecule has 5 nitrogen and oxygen atoms in total. The zero-order valence-electron chi connectivity index (χ0n) is 13.6. The van der Waals surface area contributed by atoms with E-state index in [0.29, 0.717) is 18.7 Å². The lowest BCUT2D eigenvalue weighted by Gasteiger charge is -2.23. The fourth-order valence-corrected chi connectivity index (χ4v) is 2.85. The van der Waals surface area contributed by atoms with E-state index in [4.69, 9.17) is 9.84 Å². The molecule has 0 aliphatic rings. The molecule has 0 spiro atoms. The highest BCUT2D eigenvalue weighted by Crippen LogP contribution is 2.26. The highest BCUT2D eigenvalue weighted by atomic mass is 32.1. The normalized spacial score (nSPS) is 11.3. The molecule has 0 fully saturated rings. The maximum absolute atomic E-state index is 12.2. The van der Waals surface area contributed by atoms with Crippen LogP contribution in [0.15, 0.2) is 29.6 Å². The topological polar surface area (TPSA) is 71.5 Å². The van der Waals surface area contributed by atoms with Gasteiger partial charge in [-0.15, -0.1) is 11.3 Å². The Morgan fingerprint density at radius 3 is 2.65 bits per heavy atom. The van der Waals surface area contributed by atoms with E-state index in [-0.39, 0.29) is 17.9 Å². The van der Waals surface area contributed by atoms with Gasteiger partial charge < -0.3 is 15.2 Å². The molecule has 0 aliphatic carbocycles. The fraction of sp³-hybridized carbons (Fsp3) is 0.412. The third-order valence-corrected chi connectivity index (χ3v) is 4.48. The van der Waals surface area contributed by atoms with E-state index < -0.39 is 0 Å². The summed E-state index contributed by atoms with van der Waals surface area (Å²) in [4.78, 5) is 16.6. The van der Waals surface area contributed by atoms with Gasteiger partial charge in [-0.3, -0.25) is 4.79 Å². The summed E-state index contributed by atoms with van der Waals surface area (Å²) in [6.45, 7) is 4.63. The Labute approximate surface area is 140 Å². The third kappa shape index (κ3) is 4.77. The predicted molar refractivity (Wildman–Crippen MR) is 91.9 cm³/mol. The number of methoxy groups -OCH3 is 1. The summed E-state index contributed by atoms with van der Waals surface area (Å²) in [6, 6.07) is 7.58. The average molecular weight is 334 g/mol. The van der Waals surface area contributed by atoms with Crippen molar-refractivity contribution in [3.05, 3.63) is 35.3 Å². The minimum Gasteiger partial charge on any atom is -0.497 e.